The van der Waals surface area contributed by atoms with E-state index in [0.29, 0.717) is 34.0 Å². The number of amides is 1. The van der Waals surface area contributed by atoms with Crippen LogP contribution in [0.25, 0.3) is 11.3 Å². The Morgan fingerprint density at radius 3 is 2.68 bits per heavy atom. The quantitative estimate of drug-likeness (QED) is 0.445. The van der Waals surface area contributed by atoms with Crippen LogP contribution in [0.1, 0.15) is 21.2 Å². The highest BCUT2D eigenvalue weighted by atomic mass is 32.1. The molecule has 4 aromatic rings. The molecule has 2 aromatic heterocycles. The summed E-state index contributed by atoms with van der Waals surface area (Å²) >= 11 is 1.28. The minimum atomic E-state index is -0.271. The van der Waals surface area contributed by atoms with Gasteiger partial charge in [-0.2, -0.15) is 0 Å². The summed E-state index contributed by atoms with van der Waals surface area (Å²) in [5, 5.41) is 15.1. The van der Waals surface area contributed by atoms with Crippen molar-refractivity contribution in [1.82, 2.24) is 20.2 Å². The van der Waals surface area contributed by atoms with Gasteiger partial charge in [0.1, 0.15) is 23.3 Å². The summed E-state index contributed by atoms with van der Waals surface area (Å²) in [6, 6.07) is 19.0. The Morgan fingerprint density at radius 1 is 1.03 bits per heavy atom. The second-order valence-corrected chi connectivity index (χ2v) is 7.71. The number of rotatable bonds is 7. The number of aryl methyl sites for hydroxylation is 1. The lowest BCUT2D eigenvalue weighted by molar-refractivity contribution is 0.102. The van der Waals surface area contributed by atoms with Gasteiger partial charge in [0.25, 0.3) is 5.91 Å². The number of methoxy groups -OCH3 is 1. The fourth-order valence-corrected chi connectivity index (χ4v) is 3.64. The van der Waals surface area contributed by atoms with Crippen LogP contribution >= 0.6 is 11.3 Å². The summed E-state index contributed by atoms with van der Waals surface area (Å²) < 4.78 is 5.02. The van der Waals surface area contributed by atoms with E-state index in [0.717, 1.165) is 16.9 Å². The maximum absolute atomic E-state index is 12.6. The Bertz CT molecular complexity index is 1200. The van der Waals surface area contributed by atoms with Crippen LogP contribution in [0.5, 0.6) is 0 Å². The molecule has 4 rings (SSSR count). The van der Waals surface area contributed by atoms with Gasteiger partial charge in [0.2, 0.25) is 5.13 Å². The van der Waals surface area contributed by atoms with E-state index in [1.165, 1.54) is 11.3 Å². The van der Waals surface area contributed by atoms with Crippen molar-refractivity contribution in [3.63, 3.8) is 0 Å². The molecule has 2 heterocycles. The average Bonchev–Trinajstić information content (AvgIpc) is 3.21. The number of nitrogens with one attached hydrogen (secondary N) is 2. The van der Waals surface area contributed by atoms with Gasteiger partial charge in [-0.3, -0.25) is 10.1 Å². The van der Waals surface area contributed by atoms with Gasteiger partial charge in [0.15, 0.2) is 0 Å². The second-order valence-electron chi connectivity index (χ2n) is 6.65. The number of aromatic nitrogens is 4. The maximum Gasteiger partial charge on any atom is 0.257 e. The van der Waals surface area contributed by atoms with Crippen LogP contribution in [-0.4, -0.2) is 33.2 Å². The molecular weight excluding hydrogens is 412 g/mol. The summed E-state index contributed by atoms with van der Waals surface area (Å²) in [5.74, 6) is 1.03. The van der Waals surface area contributed by atoms with Crippen LogP contribution in [-0.2, 0) is 11.3 Å². The SMILES string of the molecule is COCc1nnc(NC(=O)c2cccc(Nc3cc(-c4ccccc4)nc(C)n3)c2)s1. The lowest BCUT2D eigenvalue weighted by atomic mass is 10.1. The van der Waals surface area contributed by atoms with Gasteiger partial charge in [0, 0.05) is 30.0 Å². The Hall–Kier alpha value is -3.69. The zero-order valence-corrected chi connectivity index (χ0v) is 17.8. The zero-order valence-electron chi connectivity index (χ0n) is 17.0. The molecule has 0 spiro atoms. The standard InChI is InChI=1S/C22H20N6O2S/c1-14-23-18(15-7-4-3-5-8-15)12-19(24-14)25-17-10-6-9-16(11-17)21(29)26-22-28-27-20(31-22)13-30-2/h3-12H,13H2,1-2H3,(H,23,24,25)(H,26,28,29). The highest BCUT2D eigenvalue weighted by molar-refractivity contribution is 7.15. The van der Waals surface area contributed by atoms with E-state index >= 15 is 0 Å². The molecule has 0 unspecified atom stereocenters. The number of carbonyl (C=O) groups excluding carboxylic acids is 1. The monoisotopic (exact) mass is 432 g/mol. The normalized spacial score (nSPS) is 10.6. The minimum absolute atomic E-state index is 0.271. The number of hydrogen-bond acceptors (Lipinski definition) is 8. The molecule has 156 valence electrons. The lowest BCUT2D eigenvalue weighted by Crippen LogP contribution is -2.12. The van der Waals surface area contributed by atoms with Crippen LogP contribution in [0, 0.1) is 6.92 Å². The first-order valence-corrected chi connectivity index (χ1v) is 10.3. The molecule has 0 aliphatic rings. The lowest BCUT2D eigenvalue weighted by Gasteiger charge is -2.10. The summed E-state index contributed by atoms with van der Waals surface area (Å²) in [7, 11) is 1.58. The molecular formula is C22H20N6O2S. The molecule has 0 atom stereocenters. The molecule has 0 fully saturated rings. The average molecular weight is 433 g/mol. The Morgan fingerprint density at radius 2 is 1.87 bits per heavy atom. The molecule has 2 aromatic carbocycles. The highest BCUT2D eigenvalue weighted by Gasteiger charge is 2.11. The van der Waals surface area contributed by atoms with Crippen LogP contribution in [0.3, 0.4) is 0 Å². The molecule has 0 saturated heterocycles. The third-order valence-electron chi connectivity index (χ3n) is 4.26. The zero-order chi connectivity index (χ0) is 21.6. The van der Waals surface area contributed by atoms with Crippen LogP contribution in [0.2, 0.25) is 0 Å². The largest absolute Gasteiger partial charge is 0.377 e. The van der Waals surface area contributed by atoms with Gasteiger partial charge >= 0.3 is 0 Å². The summed E-state index contributed by atoms with van der Waals surface area (Å²) in [6.07, 6.45) is 0. The van der Waals surface area contributed by atoms with Crippen molar-refractivity contribution in [3.05, 3.63) is 77.1 Å². The number of hydrogen-bond donors (Lipinski definition) is 2. The number of ether oxygens (including phenoxy) is 1. The minimum Gasteiger partial charge on any atom is -0.377 e. The van der Waals surface area contributed by atoms with Crippen molar-refractivity contribution in [2.24, 2.45) is 0 Å². The van der Waals surface area contributed by atoms with E-state index in [1.807, 2.05) is 49.4 Å². The molecule has 0 bridgehead atoms. The van der Waals surface area contributed by atoms with Crippen molar-refractivity contribution in [2.45, 2.75) is 13.5 Å². The fourth-order valence-electron chi connectivity index (χ4n) is 2.93. The third kappa shape index (κ3) is 5.27. The Kier molecular flexibility index (Phi) is 6.25. The first-order chi connectivity index (χ1) is 15.1. The van der Waals surface area contributed by atoms with Gasteiger partial charge in [-0.25, -0.2) is 9.97 Å². The Balaban J connectivity index is 1.51. The van der Waals surface area contributed by atoms with Crippen LogP contribution < -0.4 is 10.6 Å². The second kappa shape index (κ2) is 9.41. The van der Waals surface area contributed by atoms with Gasteiger partial charge in [-0.1, -0.05) is 47.7 Å². The van der Waals surface area contributed by atoms with E-state index in [4.69, 9.17) is 4.74 Å². The highest BCUT2D eigenvalue weighted by Crippen LogP contribution is 2.23. The van der Waals surface area contributed by atoms with Crippen molar-refractivity contribution in [1.29, 1.82) is 0 Å². The smallest absolute Gasteiger partial charge is 0.257 e. The molecule has 0 radical (unpaired) electrons. The molecule has 0 aliphatic heterocycles. The van der Waals surface area contributed by atoms with E-state index in [2.05, 4.69) is 30.8 Å². The molecule has 31 heavy (non-hydrogen) atoms. The molecule has 1 amide bonds. The first-order valence-electron chi connectivity index (χ1n) is 9.51. The first kappa shape index (κ1) is 20.6. The van der Waals surface area contributed by atoms with E-state index in [1.54, 1.807) is 25.3 Å². The van der Waals surface area contributed by atoms with Crippen molar-refractivity contribution < 1.29 is 9.53 Å². The predicted molar refractivity (Wildman–Crippen MR) is 121 cm³/mol. The fraction of sp³-hybridized carbons (Fsp3) is 0.136. The molecule has 0 saturated carbocycles. The number of carbonyl (C=O) groups is 1. The predicted octanol–water partition coefficient (Wildman–Crippen LogP) is 4.45. The maximum atomic E-state index is 12.6. The van der Waals surface area contributed by atoms with Gasteiger partial charge in [-0.15, -0.1) is 10.2 Å². The van der Waals surface area contributed by atoms with Gasteiger partial charge < -0.3 is 10.1 Å². The summed E-state index contributed by atoms with van der Waals surface area (Å²) in [6.45, 7) is 2.21. The third-order valence-corrected chi connectivity index (χ3v) is 5.07. The molecule has 0 aliphatic carbocycles. The van der Waals surface area contributed by atoms with Gasteiger partial charge in [0.05, 0.1) is 5.69 Å². The number of anilines is 3. The number of nitrogens with zero attached hydrogens (tertiary/aromatic N) is 4. The summed E-state index contributed by atoms with van der Waals surface area (Å²) in [5.41, 5.74) is 3.06. The van der Waals surface area contributed by atoms with Crippen LogP contribution in [0.4, 0.5) is 16.6 Å². The summed E-state index contributed by atoms with van der Waals surface area (Å²) in [4.78, 5) is 21.6. The van der Waals surface area contributed by atoms with E-state index < -0.39 is 0 Å². The van der Waals surface area contributed by atoms with Gasteiger partial charge in [-0.05, 0) is 25.1 Å². The topological polar surface area (TPSA) is 102 Å². The van der Waals surface area contributed by atoms with Crippen molar-refractivity contribution in [3.8, 4) is 11.3 Å². The molecule has 8 nitrogen and oxygen atoms in total. The Labute approximate surface area is 183 Å². The van der Waals surface area contributed by atoms with Crippen molar-refractivity contribution >= 4 is 33.9 Å². The van der Waals surface area contributed by atoms with Crippen molar-refractivity contribution in [2.75, 3.05) is 17.7 Å². The molecule has 2 N–H and O–H groups in total. The number of benzene rings is 2. The van der Waals surface area contributed by atoms with E-state index in [9.17, 15) is 4.79 Å². The molecule has 9 heteroatoms. The van der Waals surface area contributed by atoms with E-state index in [-0.39, 0.29) is 5.91 Å². The van der Waals surface area contributed by atoms with Crippen LogP contribution in [0.15, 0.2) is 60.7 Å².